The third-order valence-electron chi connectivity index (χ3n) is 5.12. The molecule has 7 heteroatoms. The van der Waals surface area contributed by atoms with Gasteiger partial charge in [0.15, 0.2) is 5.96 Å². The normalized spacial score (nSPS) is 15.4. The molecule has 0 bridgehead atoms. The lowest BCUT2D eigenvalue weighted by Gasteiger charge is -2.34. The van der Waals surface area contributed by atoms with E-state index >= 15 is 0 Å². The van der Waals surface area contributed by atoms with Crippen molar-refractivity contribution in [2.24, 2.45) is 4.99 Å². The number of aromatic nitrogens is 2. The van der Waals surface area contributed by atoms with E-state index in [1.807, 2.05) is 6.07 Å². The van der Waals surface area contributed by atoms with E-state index in [1.165, 1.54) is 11.1 Å². The van der Waals surface area contributed by atoms with E-state index in [9.17, 15) is 0 Å². The fourth-order valence-corrected chi connectivity index (χ4v) is 3.44. The quantitative estimate of drug-likeness (QED) is 0.572. The minimum absolute atomic E-state index is 0.794. The van der Waals surface area contributed by atoms with Gasteiger partial charge in [0.1, 0.15) is 0 Å². The Kier molecular flexibility index (Phi) is 7.81. The van der Waals surface area contributed by atoms with Crippen LogP contribution in [-0.4, -0.2) is 78.6 Å². The molecule has 1 saturated heterocycles. The number of nitrogens with one attached hydrogen (secondary N) is 1. The molecule has 1 aliphatic rings. The smallest absolute Gasteiger partial charge is 0.225 e. The molecule has 0 spiro atoms. The van der Waals surface area contributed by atoms with Gasteiger partial charge in [-0.1, -0.05) is 29.8 Å². The van der Waals surface area contributed by atoms with Crippen molar-refractivity contribution in [3.8, 4) is 0 Å². The molecule has 1 aliphatic heterocycles. The molecule has 2 aromatic rings. The van der Waals surface area contributed by atoms with Crippen molar-refractivity contribution < 1.29 is 0 Å². The summed E-state index contributed by atoms with van der Waals surface area (Å²) in [5.74, 6) is 1.79. The van der Waals surface area contributed by atoms with Crippen molar-refractivity contribution in [2.75, 3.05) is 57.8 Å². The maximum absolute atomic E-state index is 4.85. The van der Waals surface area contributed by atoms with Crippen LogP contribution in [0.2, 0.25) is 0 Å². The molecule has 1 aromatic carbocycles. The average molecular weight is 396 g/mol. The number of rotatable bonds is 7. The van der Waals surface area contributed by atoms with E-state index < -0.39 is 0 Å². The van der Waals surface area contributed by atoms with Crippen LogP contribution in [0.1, 0.15) is 18.1 Å². The second kappa shape index (κ2) is 10.8. The summed E-state index contributed by atoms with van der Waals surface area (Å²) in [4.78, 5) is 20.5. The summed E-state index contributed by atoms with van der Waals surface area (Å²) < 4.78 is 0. The van der Waals surface area contributed by atoms with Crippen molar-refractivity contribution >= 4 is 11.9 Å². The molecule has 156 valence electrons. The van der Waals surface area contributed by atoms with Crippen molar-refractivity contribution in [2.45, 2.75) is 20.4 Å². The van der Waals surface area contributed by atoms with Gasteiger partial charge in [0.25, 0.3) is 0 Å². The number of hydrogen-bond acceptors (Lipinski definition) is 5. The first-order chi connectivity index (χ1) is 14.2. The SMILES string of the molecule is CCNC(=NCCN1CCN(c2ncccn2)CC1)N(C)Cc1ccc(C)cc1. The number of piperazine rings is 1. The highest BCUT2D eigenvalue weighted by Gasteiger charge is 2.18. The van der Waals surface area contributed by atoms with Crippen LogP contribution in [0.3, 0.4) is 0 Å². The van der Waals surface area contributed by atoms with Gasteiger partial charge in [-0.15, -0.1) is 0 Å². The van der Waals surface area contributed by atoms with Crippen LogP contribution in [0.4, 0.5) is 5.95 Å². The monoisotopic (exact) mass is 395 g/mol. The Balaban J connectivity index is 1.47. The Hall–Kier alpha value is -2.67. The minimum atomic E-state index is 0.794. The van der Waals surface area contributed by atoms with Crippen LogP contribution < -0.4 is 10.2 Å². The molecule has 0 saturated carbocycles. The number of aliphatic imine (C=N–C) groups is 1. The standard InChI is InChI=1S/C22H33N7/c1-4-23-21(27(3)18-20-8-6-19(2)7-9-20)26-12-13-28-14-16-29(17-15-28)22-24-10-5-11-25-22/h5-11H,4,12-18H2,1-3H3,(H,23,26). The molecule has 0 radical (unpaired) electrons. The van der Waals surface area contributed by atoms with Gasteiger partial charge >= 0.3 is 0 Å². The number of anilines is 1. The second-order valence-corrected chi connectivity index (χ2v) is 7.45. The molecule has 2 heterocycles. The summed E-state index contributed by atoms with van der Waals surface area (Å²) >= 11 is 0. The van der Waals surface area contributed by atoms with Crippen LogP contribution in [-0.2, 0) is 6.54 Å². The van der Waals surface area contributed by atoms with E-state index in [2.05, 4.69) is 75.1 Å². The highest BCUT2D eigenvalue weighted by Crippen LogP contribution is 2.09. The molecule has 0 atom stereocenters. The molecular formula is C22H33N7. The first-order valence-corrected chi connectivity index (χ1v) is 10.4. The third kappa shape index (κ3) is 6.42. The first-order valence-electron chi connectivity index (χ1n) is 10.4. The highest BCUT2D eigenvalue weighted by atomic mass is 15.3. The zero-order valence-electron chi connectivity index (χ0n) is 17.9. The number of guanidine groups is 1. The van der Waals surface area contributed by atoms with E-state index in [1.54, 1.807) is 12.4 Å². The Morgan fingerprint density at radius 1 is 1.10 bits per heavy atom. The topological polar surface area (TPSA) is 59.9 Å². The van der Waals surface area contributed by atoms with Crippen molar-refractivity contribution in [1.29, 1.82) is 0 Å². The number of hydrogen-bond donors (Lipinski definition) is 1. The van der Waals surface area contributed by atoms with E-state index in [-0.39, 0.29) is 0 Å². The number of aryl methyl sites for hydroxylation is 1. The molecule has 0 amide bonds. The van der Waals surface area contributed by atoms with Crippen molar-refractivity contribution in [3.63, 3.8) is 0 Å². The summed E-state index contributed by atoms with van der Waals surface area (Å²) in [5.41, 5.74) is 2.58. The molecule has 7 nitrogen and oxygen atoms in total. The summed E-state index contributed by atoms with van der Waals surface area (Å²) in [7, 11) is 2.10. The minimum Gasteiger partial charge on any atom is -0.357 e. The lowest BCUT2D eigenvalue weighted by atomic mass is 10.1. The number of benzene rings is 1. The molecule has 0 unspecified atom stereocenters. The second-order valence-electron chi connectivity index (χ2n) is 7.45. The van der Waals surface area contributed by atoms with Gasteiger partial charge in [0.05, 0.1) is 6.54 Å². The van der Waals surface area contributed by atoms with Gasteiger partial charge in [-0.2, -0.15) is 0 Å². The Bertz CT molecular complexity index is 752. The first kappa shape index (κ1) is 21.0. The van der Waals surface area contributed by atoms with Crippen LogP contribution in [0.25, 0.3) is 0 Å². The Morgan fingerprint density at radius 2 is 1.79 bits per heavy atom. The van der Waals surface area contributed by atoms with Gasteiger partial charge in [-0.3, -0.25) is 9.89 Å². The third-order valence-corrected chi connectivity index (χ3v) is 5.12. The zero-order chi connectivity index (χ0) is 20.5. The van der Waals surface area contributed by atoms with Crippen LogP contribution >= 0.6 is 0 Å². The molecule has 1 fully saturated rings. The lowest BCUT2D eigenvalue weighted by molar-refractivity contribution is 0.263. The van der Waals surface area contributed by atoms with E-state index in [0.29, 0.717) is 0 Å². The van der Waals surface area contributed by atoms with E-state index in [0.717, 1.165) is 64.3 Å². The maximum atomic E-state index is 4.85. The molecule has 3 rings (SSSR count). The van der Waals surface area contributed by atoms with E-state index in [4.69, 9.17) is 4.99 Å². The highest BCUT2D eigenvalue weighted by molar-refractivity contribution is 5.79. The predicted octanol–water partition coefficient (Wildman–Crippen LogP) is 2.00. The van der Waals surface area contributed by atoms with Crippen molar-refractivity contribution in [1.82, 2.24) is 25.1 Å². The molecule has 29 heavy (non-hydrogen) atoms. The Labute approximate surface area is 174 Å². The van der Waals surface area contributed by atoms with Crippen molar-refractivity contribution in [3.05, 3.63) is 53.9 Å². The Morgan fingerprint density at radius 3 is 2.45 bits per heavy atom. The average Bonchev–Trinajstić information content (AvgIpc) is 2.76. The van der Waals surface area contributed by atoms with Gasteiger partial charge in [-0.25, -0.2) is 9.97 Å². The van der Waals surface area contributed by atoms with Crippen LogP contribution in [0.15, 0.2) is 47.7 Å². The largest absolute Gasteiger partial charge is 0.357 e. The van der Waals surface area contributed by atoms with Gasteiger partial charge in [0.2, 0.25) is 5.95 Å². The fourth-order valence-electron chi connectivity index (χ4n) is 3.44. The molecule has 1 aromatic heterocycles. The summed E-state index contributed by atoms with van der Waals surface area (Å²) in [6, 6.07) is 10.5. The van der Waals surface area contributed by atoms with Crippen LogP contribution in [0.5, 0.6) is 0 Å². The van der Waals surface area contributed by atoms with Gasteiger partial charge in [0, 0.05) is 65.3 Å². The summed E-state index contributed by atoms with van der Waals surface area (Å²) in [6.45, 7) is 11.7. The van der Waals surface area contributed by atoms with Crippen LogP contribution in [0, 0.1) is 6.92 Å². The summed E-state index contributed by atoms with van der Waals surface area (Å²) in [6.07, 6.45) is 3.61. The van der Waals surface area contributed by atoms with Gasteiger partial charge in [-0.05, 0) is 25.5 Å². The summed E-state index contributed by atoms with van der Waals surface area (Å²) in [5, 5.41) is 3.41. The number of nitrogens with zero attached hydrogens (tertiary/aromatic N) is 6. The van der Waals surface area contributed by atoms with Gasteiger partial charge < -0.3 is 15.1 Å². The lowest BCUT2D eigenvalue weighted by Crippen LogP contribution is -2.47. The molecule has 1 N–H and O–H groups in total. The maximum Gasteiger partial charge on any atom is 0.225 e. The predicted molar refractivity (Wildman–Crippen MR) is 119 cm³/mol. The molecule has 0 aliphatic carbocycles. The zero-order valence-corrected chi connectivity index (χ0v) is 17.9. The fraction of sp³-hybridized carbons (Fsp3) is 0.500. The molecular weight excluding hydrogens is 362 g/mol.